The first-order valence-corrected chi connectivity index (χ1v) is 5.75. The summed E-state index contributed by atoms with van der Waals surface area (Å²) in [6.45, 7) is 8.10. The van der Waals surface area contributed by atoms with Crippen molar-refractivity contribution in [3.63, 3.8) is 0 Å². The van der Waals surface area contributed by atoms with E-state index in [4.69, 9.17) is 0 Å². The molecule has 0 radical (unpaired) electrons. The number of amides is 1. The highest BCUT2D eigenvalue weighted by molar-refractivity contribution is 5.76. The Morgan fingerprint density at radius 3 is 2.57 bits per heavy atom. The van der Waals surface area contributed by atoms with Gasteiger partial charge >= 0.3 is 0 Å². The first-order valence-electron chi connectivity index (χ1n) is 5.75. The van der Waals surface area contributed by atoms with Gasteiger partial charge in [0, 0.05) is 31.6 Å². The maximum atomic E-state index is 11.7. The van der Waals surface area contributed by atoms with Crippen LogP contribution in [0.2, 0.25) is 0 Å². The van der Waals surface area contributed by atoms with Crippen LogP contribution in [0.4, 0.5) is 0 Å². The van der Waals surface area contributed by atoms with Gasteiger partial charge in [0.25, 0.3) is 0 Å². The highest BCUT2D eigenvalue weighted by Crippen LogP contribution is 2.13. The molecule has 82 valence electrons. The predicted octanol–water partition coefficient (Wildman–Crippen LogP) is 1.39. The van der Waals surface area contributed by atoms with Gasteiger partial charge in [-0.1, -0.05) is 20.8 Å². The fraction of sp³-hybridized carbons (Fsp3) is 0.909. The largest absolute Gasteiger partial charge is 0.337 e. The van der Waals surface area contributed by atoms with Gasteiger partial charge in [0.2, 0.25) is 5.91 Å². The highest BCUT2D eigenvalue weighted by Gasteiger charge is 2.28. The maximum absolute atomic E-state index is 11.7. The third kappa shape index (κ3) is 2.47. The summed E-state index contributed by atoms with van der Waals surface area (Å²) in [5.74, 6) is 0.303. The molecule has 3 heteroatoms. The van der Waals surface area contributed by atoms with E-state index in [9.17, 15) is 4.79 Å². The van der Waals surface area contributed by atoms with E-state index in [-0.39, 0.29) is 0 Å². The van der Waals surface area contributed by atoms with Crippen molar-refractivity contribution in [3.05, 3.63) is 0 Å². The van der Waals surface area contributed by atoms with E-state index in [1.54, 1.807) is 0 Å². The predicted molar refractivity (Wildman–Crippen MR) is 58.2 cm³/mol. The van der Waals surface area contributed by atoms with Gasteiger partial charge in [0.05, 0.1) is 0 Å². The normalized spacial score (nSPS) is 27.8. The van der Waals surface area contributed by atoms with Crippen LogP contribution in [0.5, 0.6) is 0 Å². The Bertz CT molecular complexity index is 194. The molecule has 0 aliphatic carbocycles. The van der Waals surface area contributed by atoms with Crippen LogP contribution in [0, 0.1) is 0 Å². The molecule has 3 nitrogen and oxygen atoms in total. The van der Waals surface area contributed by atoms with Crippen molar-refractivity contribution < 1.29 is 4.79 Å². The monoisotopic (exact) mass is 198 g/mol. The Morgan fingerprint density at radius 2 is 2.07 bits per heavy atom. The molecule has 2 unspecified atom stereocenters. The zero-order chi connectivity index (χ0) is 10.6. The van der Waals surface area contributed by atoms with Crippen molar-refractivity contribution in [2.45, 2.75) is 52.1 Å². The van der Waals surface area contributed by atoms with E-state index < -0.39 is 0 Å². The highest BCUT2D eigenvalue weighted by atomic mass is 16.2. The van der Waals surface area contributed by atoms with Gasteiger partial charge in [-0.3, -0.25) is 4.79 Å². The van der Waals surface area contributed by atoms with E-state index in [0.717, 1.165) is 25.9 Å². The lowest BCUT2D eigenvalue weighted by atomic mass is 10.0. The Morgan fingerprint density at radius 1 is 1.36 bits per heavy atom. The number of carbonyl (C=O) groups excluding carboxylic acids is 1. The van der Waals surface area contributed by atoms with E-state index >= 15 is 0 Å². The molecule has 1 fully saturated rings. The van der Waals surface area contributed by atoms with Gasteiger partial charge in [0.1, 0.15) is 0 Å². The second-order valence-corrected chi connectivity index (χ2v) is 3.98. The number of nitrogens with zero attached hydrogens (tertiary/aromatic N) is 1. The topological polar surface area (TPSA) is 32.3 Å². The van der Waals surface area contributed by atoms with E-state index in [2.05, 4.69) is 24.1 Å². The van der Waals surface area contributed by atoms with E-state index in [0.29, 0.717) is 24.4 Å². The molecule has 1 amide bonds. The third-order valence-electron chi connectivity index (χ3n) is 3.09. The van der Waals surface area contributed by atoms with Crippen molar-refractivity contribution in [2.24, 2.45) is 0 Å². The minimum absolute atomic E-state index is 0.303. The number of piperazine rings is 1. The van der Waals surface area contributed by atoms with E-state index in [1.165, 1.54) is 0 Å². The van der Waals surface area contributed by atoms with Crippen LogP contribution in [0.25, 0.3) is 0 Å². The molecule has 1 aliphatic heterocycles. The van der Waals surface area contributed by atoms with Gasteiger partial charge in [-0.15, -0.1) is 0 Å². The van der Waals surface area contributed by atoms with Crippen LogP contribution in [0.1, 0.15) is 40.0 Å². The summed E-state index contributed by atoms with van der Waals surface area (Å²) in [5.41, 5.74) is 0. The van der Waals surface area contributed by atoms with E-state index in [1.807, 2.05) is 6.92 Å². The fourth-order valence-electron chi connectivity index (χ4n) is 2.01. The van der Waals surface area contributed by atoms with Crippen LogP contribution in [0.15, 0.2) is 0 Å². The second kappa shape index (κ2) is 5.35. The Balaban J connectivity index is 2.60. The molecule has 14 heavy (non-hydrogen) atoms. The minimum Gasteiger partial charge on any atom is -0.337 e. The standard InChI is InChI=1S/C11H22N2O/c1-4-9-8-13(11(14)6-3)10(5-2)7-12-9/h9-10,12H,4-8H2,1-3H3. The first kappa shape index (κ1) is 11.5. The zero-order valence-electron chi connectivity index (χ0n) is 9.55. The second-order valence-electron chi connectivity index (χ2n) is 3.98. The maximum Gasteiger partial charge on any atom is 0.222 e. The average Bonchev–Trinajstić information content (AvgIpc) is 2.27. The van der Waals surface area contributed by atoms with Gasteiger partial charge in [-0.25, -0.2) is 0 Å². The molecule has 1 rings (SSSR count). The number of hydrogen-bond donors (Lipinski definition) is 1. The zero-order valence-corrected chi connectivity index (χ0v) is 9.55. The molecule has 1 heterocycles. The van der Waals surface area contributed by atoms with Crippen molar-refractivity contribution in [1.82, 2.24) is 10.2 Å². The van der Waals surface area contributed by atoms with Crippen LogP contribution in [-0.4, -0.2) is 36.0 Å². The summed E-state index contributed by atoms with van der Waals surface area (Å²) in [6.07, 6.45) is 2.78. The summed E-state index contributed by atoms with van der Waals surface area (Å²) in [6, 6.07) is 0.901. The third-order valence-corrected chi connectivity index (χ3v) is 3.09. The van der Waals surface area contributed by atoms with Gasteiger partial charge in [0.15, 0.2) is 0 Å². The van der Waals surface area contributed by atoms with Crippen LogP contribution in [-0.2, 0) is 4.79 Å². The minimum atomic E-state index is 0.303. The molecule has 0 aromatic rings. The molecule has 0 bridgehead atoms. The van der Waals surface area contributed by atoms with Crippen LogP contribution >= 0.6 is 0 Å². The molecule has 1 aliphatic rings. The smallest absolute Gasteiger partial charge is 0.222 e. The average molecular weight is 198 g/mol. The molecule has 2 atom stereocenters. The lowest BCUT2D eigenvalue weighted by molar-refractivity contribution is -0.134. The van der Waals surface area contributed by atoms with Gasteiger partial charge < -0.3 is 10.2 Å². The summed E-state index contributed by atoms with van der Waals surface area (Å²) in [5, 5.41) is 3.48. The van der Waals surface area contributed by atoms with Crippen LogP contribution < -0.4 is 5.32 Å². The summed E-state index contributed by atoms with van der Waals surface area (Å²) >= 11 is 0. The fourth-order valence-corrected chi connectivity index (χ4v) is 2.01. The number of nitrogens with one attached hydrogen (secondary N) is 1. The molecule has 1 saturated heterocycles. The first-order chi connectivity index (χ1) is 6.72. The Kier molecular flexibility index (Phi) is 4.39. The van der Waals surface area contributed by atoms with Gasteiger partial charge in [-0.05, 0) is 12.8 Å². The van der Waals surface area contributed by atoms with Crippen molar-refractivity contribution in [3.8, 4) is 0 Å². The lowest BCUT2D eigenvalue weighted by Gasteiger charge is -2.40. The molecule has 0 saturated carbocycles. The number of hydrogen-bond acceptors (Lipinski definition) is 2. The summed E-state index contributed by atoms with van der Waals surface area (Å²) in [7, 11) is 0. The molecule has 0 aromatic heterocycles. The Labute approximate surface area is 86.9 Å². The molecule has 0 aromatic carbocycles. The summed E-state index contributed by atoms with van der Waals surface area (Å²) < 4.78 is 0. The molecule has 0 spiro atoms. The summed E-state index contributed by atoms with van der Waals surface area (Å²) in [4.78, 5) is 13.8. The molecule has 1 N–H and O–H groups in total. The number of carbonyl (C=O) groups is 1. The van der Waals surface area contributed by atoms with Gasteiger partial charge in [-0.2, -0.15) is 0 Å². The van der Waals surface area contributed by atoms with Crippen molar-refractivity contribution in [2.75, 3.05) is 13.1 Å². The van der Waals surface area contributed by atoms with Crippen LogP contribution in [0.3, 0.4) is 0 Å². The Hall–Kier alpha value is -0.570. The molecular weight excluding hydrogens is 176 g/mol. The molecular formula is C11H22N2O. The lowest BCUT2D eigenvalue weighted by Crippen LogP contribution is -2.57. The number of rotatable bonds is 3. The van der Waals surface area contributed by atoms with Crippen molar-refractivity contribution >= 4 is 5.91 Å². The van der Waals surface area contributed by atoms with Crippen molar-refractivity contribution in [1.29, 1.82) is 0 Å². The quantitative estimate of drug-likeness (QED) is 0.743. The SMILES string of the molecule is CCC(=O)N1CC(CC)NCC1CC.